The molecule has 2 aromatic rings. The number of hydrogen-bond acceptors (Lipinski definition) is 4. The molecule has 0 aliphatic carbocycles. The van der Waals surface area contributed by atoms with Crippen molar-refractivity contribution in [2.45, 2.75) is 30.4 Å². The van der Waals surface area contributed by atoms with Crippen molar-refractivity contribution in [1.29, 1.82) is 0 Å². The summed E-state index contributed by atoms with van der Waals surface area (Å²) in [5.41, 5.74) is 3.26. The van der Waals surface area contributed by atoms with Crippen molar-refractivity contribution in [2.75, 3.05) is 11.9 Å². The maximum absolute atomic E-state index is 12.6. The minimum atomic E-state index is -0.425. The second kappa shape index (κ2) is 7.09. The maximum atomic E-state index is 12.6. The first-order valence-corrected chi connectivity index (χ1v) is 8.79. The highest BCUT2D eigenvalue weighted by Gasteiger charge is 2.29. The van der Waals surface area contributed by atoms with Crippen molar-refractivity contribution >= 4 is 29.3 Å². The Morgan fingerprint density at radius 1 is 1.25 bits per heavy atom. The number of fused-ring (bicyclic) bond motifs is 1. The number of hydrogen-bond donors (Lipinski definition) is 1. The summed E-state index contributed by atoms with van der Waals surface area (Å²) < 4.78 is 5.04. The lowest BCUT2D eigenvalue weighted by molar-refractivity contribution is -0.115. The molecule has 1 aliphatic rings. The number of nitrogens with one attached hydrogen (secondary N) is 1. The predicted molar refractivity (Wildman–Crippen MR) is 95.6 cm³/mol. The molecule has 0 spiro atoms. The summed E-state index contributed by atoms with van der Waals surface area (Å²) in [7, 11) is 0. The molecule has 0 saturated heterocycles. The molecule has 0 radical (unpaired) electrons. The van der Waals surface area contributed by atoms with Gasteiger partial charge in [0.1, 0.15) is 0 Å². The van der Waals surface area contributed by atoms with Crippen LogP contribution in [-0.2, 0) is 16.0 Å². The molecule has 0 unspecified atom stereocenters. The Bertz CT molecular complexity index is 788. The molecule has 5 heteroatoms. The van der Waals surface area contributed by atoms with E-state index in [-0.39, 0.29) is 11.2 Å². The van der Waals surface area contributed by atoms with Gasteiger partial charge in [0.25, 0.3) is 0 Å². The normalized spacial score (nSPS) is 15.7. The molecule has 1 amide bonds. The molecule has 124 valence electrons. The largest absolute Gasteiger partial charge is 0.462 e. The second-order valence-corrected chi connectivity index (χ2v) is 6.92. The summed E-state index contributed by atoms with van der Waals surface area (Å²) in [6.45, 7) is 4.10. The van der Waals surface area contributed by atoms with Gasteiger partial charge in [0.05, 0.1) is 23.1 Å². The molecule has 1 heterocycles. The van der Waals surface area contributed by atoms with Crippen LogP contribution in [0.4, 0.5) is 5.69 Å². The number of amides is 1. The number of carbonyl (C=O) groups is 2. The predicted octanol–water partition coefficient (Wildman–Crippen LogP) is 3.83. The highest BCUT2D eigenvalue weighted by molar-refractivity contribution is 8.01. The molecule has 0 aromatic heterocycles. The number of ether oxygens (including phenoxy) is 1. The van der Waals surface area contributed by atoms with Crippen LogP contribution in [0, 0.1) is 6.92 Å². The first kappa shape index (κ1) is 16.6. The van der Waals surface area contributed by atoms with Gasteiger partial charge in [-0.15, -0.1) is 11.8 Å². The number of benzene rings is 2. The smallest absolute Gasteiger partial charge is 0.340 e. The first-order valence-electron chi connectivity index (χ1n) is 7.91. The molecule has 3 rings (SSSR count). The van der Waals surface area contributed by atoms with E-state index in [9.17, 15) is 9.59 Å². The standard InChI is InChI=1S/C19H19NO3S/c1-3-23-19(22)14-6-4-5-7-15(14)20-18(21)17-11-13-9-8-12(2)10-16(13)24-17/h4-10,17H,3,11H2,1-2H3,(H,20,21)/t17-/m1/s1. The van der Waals surface area contributed by atoms with Crippen molar-refractivity contribution in [2.24, 2.45) is 0 Å². The Morgan fingerprint density at radius 3 is 2.83 bits per heavy atom. The maximum Gasteiger partial charge on any atom is 0.340 e. The number of para-hydroxylation sites is 1. The van der Waals surface area contributed by atoms with Crippen molar-refractivity contribution in [3.05, 3.63) is 59.2 Å². The van der Waals surface area contributed by atoms with Gasteiger partial charge >= 0.3 is 5.97 Å². The van der Waals surface area contributed by atoms with Gasteiger partial charge in [-0.05, 0) is 44.0 Å². The van der Waals surface area contributed by atoms with E-state index in [0.717, 1.165) is 4.90 Å². The van der Waals surface area contributed by atoms with Gasteiger partial charge in [-0.1, -0.05) is 29.8 Å². The Labute approximate surface area is 145 Å². The SMILES string of the molecule is CCOC(=O)c1ccccc1NC(=O)[C@H]1Cc2ccc(C)cc2S1. The monoisotopic (exact) mass is 341 g/mol. The lowest BCUT2D eigenvalue weighted by Crippen LogP contribution is -2.25. The Hall–Kier alpha value is -2.27. The zero-order chi connectivity index (χ0) is 17.1. The lowest BCUT2D eigenvalue weighted by Gasteiger charge is -2.13. The van der Waals surface area contributed by atoms with E-state index in [0.29, 0.717) is 24.3 Å². The zero-order valence-corrected chi connectivity index (χ0v) is 14.5. The highest BCUT2D eigenvalue weighted by Crippen LogP contribution is 2.38. The van der Waals surface area contributed by atoms with Gasteiger partial charge in [0, 0.05) is 4.90 Å². The first-order chi connectivity index (χ1) is 11.6. The molecule has 0 bridgehead atoms. The van der Waals surface area contributed by atoms with Crippen molar-refractivity contribution in [3.8, 4) is 0 Å². The fourth-order valence-electron chi connectivity index (χ4n) is 2.67. The Balaban J connectivity index is 1.74. The minimum Gasteiger partial charge on any atom is -0.462 e. The van der Waals surface area contributed by atoms with E-state index in [1.165, 1.54) is 11.1 Å². The molecule has 4 nitrogen and oxygen atoms in total. The lowest BCUT2D eigenvalue weighted by atomic mass is 10.1. The number of anilines is 1. The quantitative estimate of drug-likeness (QED) is 0.859. The number of aryl methyl sites for hydroxylation is 1. The zero-order valence-electron chi connectivity index (χ0n) is 13.7. The second-order valence-electron chi connectivity index (χ2n) is 5.68. The molecule has 0 saturated carbocycles. The van der Waals surface area contributed by atoms with Crippen molar-refractivity contribution < 1.29 is 14.3 Å². The van der Waals surface area contributed by atoms with Gasteiger partial charge < -0.3 is 10.1 Å². The number of rotatable bonds is 4. The fraction of sp³-hybridized carbons (Fsp3) is 0.263. The summed E-state index contributed by atoms with van der Waals surface area (Å²) in [4.78, 5) is 25.8. The molecule has 0 fully saturated rings. The molecule has 2 aromatic carbocycles. The molecule has 1 aliphatic heterocycles. The molecular weight excluding hydrogens is 322 g/mol. The highest BCUT2D eigenvalue weighted by atomic mass is 32.2. The van der Waals surface area contributed by atoms with Crippen LogP contribution in [0.25, 0.3) is 0 Å². The number of carbonyl (C=O) groups excluding carboxylic acids is 2. The topological polar surface area (TPSA) is 55.4 Å². The summed E-state index contributed by atoms with van der Waals surface area (Å²) in [5, 5.41) is 2.70. The minimum absolute atomic E-state index is 0.0920. The van der Waals surface area contributed by atoms with Crippen LogP contribution in [0.1, 0.15) is 28.4 Å². The van der Waals surface area contributed by atoms with Crippen LogP contribution in [0.2, 0.25) is 0 Å². The third kappa shape index (κ3) is 3.46. The van der Waals surface area contributed by atoms with Crippen LogP contribution in [0.5, 0.6) is 0 Å². The van der Waals surface area contributed by atoms with E-state index in [2.05, 4.69) is 23.5 Å². The van der Waals surface area contributed by atoms with E-state index < -0.39 is 5.97 Å². The van der Waals surface area contributed by atoms with Crippen molar-refractivity contribution in [3.63, 3.8) is 0 Å². The van der Waals surface area contributed by atoms with E-state index in [1.54, 1.807) is 43.0 Å². The Kier molecular flexibility index (Phi) is 4.90. The van der Waals surface area contributed by atoms with Gasteiger partial charge in [-0.25, -0.2) is 4.79 Å². The summed E-state index contributed by atoms with van der Waals surface area (Å²) in [6, 6.07) is 13.2. The summed E-state index contributed by atoms with van der Waals surface area (Å²) in [5.74, 6) is -0.517. The molecule has 1 N–H and O–H groups in total. The van der Waals surface area contributed by atoms with E-state index >= 15 is 0 Å². The van der Waals surface area contributed by atoms with E-state index in [4.69, 9.17) is 4.74 Å². The van der Waals surface area contributed by atoms with Crippen molar-refractivity contribution in [1.82, 2.24) is 0 Å². The van der Waals surface area contributed by atoms with Gasteiger partial charge in [-0.2, -0.15) is 0 Å². The average molecular weight is 341 g/mol. The van der Waals surface area contributed by atoms with Gasteiger partial charge in [-0.3, -0.25) is 4.79 Å². The van der Waals surface area contributed by atoms with E-state index in [1.807, 2.05) is 6.92 Å². The van der Waals surface area contributed by atoms with Gasteiger partial charge in [0.2, 0.25) is 5.91 Å². The third-order valence-corrected chi connectivity index (χ3v) is 5.17. The average Bonchev–Trinajstić information content (AvgIpc) is 2.98. The molecule has 24 heavy (non-hydrogen) atoms. The summed E-state index contributed by atoms with van der Waals surface area (Å²) >= 11 is 1.57. The third-order valence-electron chi connectivity index (χ3n) is 3.87. The van der Waals surface area contributed by atoms with Crippen LogP contribution in [0.3, 0.4) is 0 Å². The Morgan fingerprint density at radius 2 is 2.04 bits per heavy atom. The fourth-order valence-corrected chi connectivity index (χ4v) is 3.97. The number of esters is 1. The molecular formula is C19H19NO3S. The van der Waals surface area contributed by atoms with Gasteiger partial charge in [0.15, 0.2) is 0 Å². The molecule has 1 atom stereocenters. The number of thioether (sulfide) groups is 1. The summed E-state index contributed by atoms with van der Waals surface area (Å²) in [6.07, 6.45) is 0.702. The van der Waals surface area contributed by atoms with Crippen LogP contribution in [0.15, 0.2) is 47.4 Å². The van der Waals surface area contributed by atoms with Crippen LogP contribution < -0.4 is 5.32 Å². The van der Waals surface area contributed by atoms with Crippen LogP contribution in [-0.4, -0.2) is 23.7 Å². The van der Waals surface area contributed by atoms with Crippen LogP contribution >= 0.6 is 11.8 Å².